The van der Waals surface area contributed by atoms with E-state index < -0.39 is 18.0 Å². The lowest BCUT2D eigenvalue weighted by Crippen LogP contribution is -2.03. The molecule has 1 N–H and O–H groups in total. The van der Waals surface area contributed by atoms with E-state index in [-0.39, 0.29) is 5.89 Å². The fraction of sp³-hybridized carbons (Fsp3) is 0.182. The van der Waals surface area contributed by atoms with E-state index in [9.17, 15) is 4.79 Å². The van der Waals surface area contributed by atoms with Crippen molar-refractivity contribution in [1.29, 1.82) is 0 Å². The van der Waals surface area contributed by atoms with Crippen LogP contribution < -0.4 is 4.74 Å². The van der Waals surface area contributed by atoms with Gasteiger partial charge >= 0.3 is 11.9 Å². The molecular weight excluding hydrogens is 224 g/mol. The van der Waals surface area contributed by atoms with Crippen LogP contribution in [0.5, 0.6) is 5.75 Å². The quantitative estimate of drug-likeness (QED) is 0.843. The second-order valence-corrected chi connectivity index (χ2v) is 3.67. The smallest absolute Gasteiger partial charge is 0.393 e. The van der Waals surface area contributed by atoms with Crippen LogP contribution in [-0.4, -0.2) is 21.3 Å². The van der Waals surface area contributed by atoms with Crippen LogP contribution in [0.1, 0.15) is 28.2 Å². The maximum atomic E-state index is 10.6. The minimum absolute atomic E-state index is 0.193. The second-order valence-electron chi connectivity index (χ2n) is 3.67. The number of carboxylic acid groups (broad SMARTS) is 1. The van der Waals surface area contributed by atoms with Gasteiger partial charge in [0.2, 0.25) is 0 Å². The molecule has 1 aromatic carbocycles. The van der Waals surface area contributed by atoms with E-state index in [1.54, 1.807) is 0 Å². The molecule has 1 atom stereocenters. The molecular formula is C11H8N2O4. The summed E-state index contributed by atoms with van der Waals surface area (Å²) >= 11 is 0. The first-order valence-corrected chi connectivity index (χ1v) is 5.05. The first kappa shape index (κ1) is 9.83. The van der Waals surface area contributed by atoms with Gasteiger partial charge in [-0.1, -0.05) is 18.2 Å². The molecule has 0 saturated heterocycles. The van der Waals surface area contributed by atoms with E-state index in [4.69, 9.17) is 14.3 Å². The van der Waals surface area contributed by atoms with Crippen molar-refractivity contribution in [3.8, 4) is 5.75 Å². The molecule has 1 aliphatic heterocycles. The van der Waals surface area contributed by atoms with Crippen molar-refractivity contribution >= 4 is 5.97 Å². The molecule has 17 heavy (non-hydrogen) atoms. The SMILES string of the molecule is O=C(O)c1nnc(C2Cc3ccccc3O2)o1. The van der Waals surface area contributed by atoms with Crippen molar-refractivity contribution in [2.45, 2.75) is 12.5 Å². The van der Waals surface area contributed by atoms with Crippen LogP contribution in [0, 0.1) is 0 Å². The lowest BCUT2D eigenvalue weighted by Gasteiger charge is -2.04. The van der Waals surface area contributed by atoms with Crippen LogP contribution >= 0.6 is 0 Å². The van der Waals surface area contributed by atoms with Crippen molar-refractivity contribution in [1.82, 2.24) is 10.2 Å². The average Bonchev–Trinajstić information content (AvgIpc) is 2.95. The number of aromatic nitrogens is 2. The molecule has 6 nitrogen and oxygen atoms in total. The fourth-order valence-electron chi connectivity index (χ4n) is 1.77. The van der Waals surface area contributed by atoms with Crippen molar-refractivity contribution in [3.63, 3.8) is 0 Å². The number of carbonyl (C=O) groups is 1. The van der Waals surface area contributed by atoms with Gasteiger partial charge in [-0.3, -0.25) is 0 Å². The third-order valence-electron chi connectivity index (χ3n) is 2.55. The molecule has 2 heterocycles. The van der Waals surface area contributed by atoms with E-state index in [0.29, 0.717) is 6.42 Å². The standard InChI is InChI=1S/C11H8N2O4/c14-11(15)10-13-12-9(17-10)8-5-6-3-1-2-4-7(6)16-8/h1-4,8H,5H2,(H,14,15). The minimum Gasteiger partial charge on any atom is -0.480 e. The predicted molar refractivity (Wildman–Crippen MR) is 54.8 cm³/mol. The zero-order chi connectivity index (χ0) is 11.8. The summed E-state index contributed by atoms with van der Waals surface area (Å²) in [6.07, 6.45) is 0.213. The second kappa shape index (κ2) is 3.58. The Morgan fingerprint density at radius 1 is 1.35 bits per heavy atom. The monoisotopic (exact) mass is 232 g/mol. The minimum atomic E-state index is -1.24. The molecule has 6 heteroatoms. The Morgan fingerprint density at radius 3 is 2.88 bits per heavy atom. The Balaban J connectivity index is 1.86. The Hall–Kier alpha value is -2.37. The Morgan fingerprint density at radius 2 is 2.18 bits per heavy atom. The van der Waals surface area contributed by atoms with Crippen LogP contribution in [-0.2, 0) is 6.42 Å². The molecule has 1 aromatic heterocycles. The van der Waals surface area contributed by atoms with Gasteiger partial charge in [-0.2, -0.15) is 0 Å². The Bertz CT molecular complexity index is 553. The third kappa shape index (κ3) is 1.63. The van der Waals surface area contributed by atoms with Crippen molar-refractivity contribution in [2.24, 2.45) is 0 Å². The zero-order valence-corrected chi connectivity index (χ0v) is 8.66. The topological polar surface area (TPSA) is 85.5 Å². The van der Waals surface area contributed by atoms with E-state index in [2.05, 4.69) is 10.2 Å². The molecule has 0 saturated carbocycles. The van der Waals surface area contributed by atoms with Gasteiger partial charge in [0, 0.05) is 6.42 Å². The maximum Gasteiger partial charge on any atom is 0.393 e. The molecule has 1 unspecified atom stereocenters. The summed E-state index contributed by atoms with van der Waals surface area (Å²) in [6.45, 7) is 0. The molecule has 0 spiro atoms. The lowest BCUT2D eigenvalue weighted by atomic mass is 10.1. The van der Waals surface area contributed by atoms with Crippen molar-refractivity contribution in [2.75, 3.05) is 0 Å². The van der Waals surface area contributed by atoms with Crippen LogP contribution in [0.15, 0.2) is 28.7 Å². The van der Waals surface area contributed by atoms with Crippen LogP contribution in [0.2, 0.25) is 0 Å². The Kier molecular flexibility index (Phi) is 2.07. The summed E-state index contributed by atoms with van der Waals surface area (Å²) in [6, 6.07) is 7.59. The average molecular weight is 232 g/mol. The van der Waals surface area contributed by atoms with Gasteiger partial charge in [0.05, 0.1) is 0 Å². The number of hydrogen-bond acceptors (Lipinski definition) is 5. The summed E-state index contributed by atoms with van der Waals surface area (Å²) in [7, 11) is 0. The summed E-state index contributed by atoms with van der Waals surface area (Å²) in [5.41, 5.74) is 1.05. The number of rotatable bonds is 2. The van der Waals surface area contributed by atoms with E-state index in [0.717, 1.165) is 11.3 Å². The summed E-state index contributed by atoms with van der Waals surface area (Å²) in [5.74, 6) is -0.690. The highest BCUT2D eigenvalue weighted by Crippen LogP contribution is 2.35. The van der Waals surface area contributed by atoms with Gasteiger partial charge in [-0.15, -0.1) is 10.2 Å². The van der Waals surface area contributed by atoms with Gasteiger partial charge in [-0.25, -0.2) is 4.79 Å². The summed E-state index contributed by atoms with van der Waals surface area (Å²) in [4.78, 5) is 10.6. The van der Waals surface area contributed by atoms with E-state index in [1.165, 1.54) is 0 Å². The number of benzene rings is 1. The number of aromatic carboxylic acids is 1. The number of carboxylic acids is 1. The number of para-hydroxylation sites is 1. The molecule has 86 valence electrons. The van der Waals surface area contributed by atoms with Gasteiger partial charge in [-0.05, 0) is 11.6 Å². The molecule has 0 radical (unpaired) electrons. The molecule has 0 bridgehead atoms. The van der Waals surface area contributed by atoms with E-state index in [1.807, 2.05) is 24.3 Å². The Labute approximate surface area is 95.8 Å². The highest BCUT2D eigenvalue weighted by Gasteiger charge is 2.29. The number of nitrogens with zero attached hydrogens (tertiary/aromatic N) is 2. The first-order chi connectivity index (χ1) is 8.24. The molecule has 3 rings (SSSR count). The fourth-order valence-corrected chi connectivity index (χ4v) is 1.77. The van der Waals surface area contributed by atoms with Crippen molar-refractivity contribution < 1.29 is 19.1 Å². The summed E-state index contributed by atoms with van der Waals surface area (Å²) in [5, 5.41) is 15.8. The molecule has 0 fully saturated rings. The number of fused-ring (bicyclic) bond motifs is 1. The number of ether oxygens (including phenoxy) is 1. The van der Waals surface area contributed by atoms with Crippen molar-refractivity contribution in [3.05, 3.63) is 41.6 Å². The van der Waals surface area contributed by atoms with Gasteiger partial charge in [0.25, 0.3) is 5.89 Å². The summed E-state index contributed by atoms with van der Waals surface area (Å²) < 4.78 is 10.6. The lowest BCUT2D eigenvalue weighted by molar-refractivity contribution is 0.0646. The first-order valence-electron chi connectivity index (χ1n) is 5.05. The largest absolute Gasteiger partial charge is 0.480 e. The third-order valence-corrected chi connectivity index (χ3v) is 2.55. The van der Waals surface area contributed by atoms with E-state index >= 15 is 0 Å². The highest BCUT2D eigenvalue weighted by atomic mass is 16.5. The van der Waals surface area contributed by atoms with Crippen LogP contribution in [0.3, 0.4) is 0 Å². The predicted octanol–water partition coefficient (Wildman–Crippen LogP) is 1.44. The van der Waals surface area contributed by atoms with Crippen LogP contribution in [0.4, 0.5) is 0 Å². The maximum absolute atomic E-state index is 10.6. The molecule has 0 aliphatic carbocycles. The molecule has 2 aromatic rings. The van der Waals surface area contributed by atoms with Gasteiger partial charge in [0.1, 0.15) is 5.75 Å². The van der Waals surface area contributed by atoms with Crippen LogP contribution in [0.25, 0.3) is 0 Å². The molecule has 1 aliphatic rings. The molecule has 0 amide bonds. The highest BCUT2D eigenvalue weighted by molar-refractivity contribution is 5.81. The number of hydrogen-bond donors (Lipinski definition) is 1. The normalized spacial score (nSPS) is 17.5. The van der Waals surface area contributed by atoms with Gasteiger partial charge in [0.15, 0.2) is 6.10 Å². The zero-order valence-electron chi connectivity index (χ0n) is 8.66. The van der Waals surface area contributed by atoms with Gasteiger partial charge < -0.3 is 14.3 Å².